The lowest BCUT2D eigenvalue weighted by Gasteiger charge is -2.06. The molecular formula is C26H26N2O4. The molecular weight excluding hydrogens is 404 g/mol. The van der Waals surface area contributed by atoms with Crippen molar-refractivity contribution in [2.75, 3.05) is 6.61 Å². The molecule has 6 nitrogen and oxygen atoms in total. The first-order valence-corrected chi connectivity index (χ1v) is 10.5. The predicted molar refractivity (Wildman–Crippen MR) is 124 cm³/mol. The number of unbranched alkanes of at least 4 members (excludes halogenated alkanes) is 1. The fourth-order valence-electron chi connectivity index (χ4n) is 2.86. The Labute approximate surface area is 187 Å². The second kappa shape index (κ2) is 12.1. The number of esters is 1. The van der Waals surface area contributed by atoms with Crippen LogP contribution in [0.2, 0.25) is 0 Å². The molecule has 3 rings (SSSR count). The molecule has 0 saturated heterocycles. The van der Waals surface area contributed by atoms with E-state index in [-0.39, 0.29) is 12.5 Å². The van der Waals surface area contributed by atoms with E-state index in [4.69, 9.17) is 9.47 Å². The monoisotopic (exact) mass is 430 g/mol. The minimum Gasteiger partial charge on any atom is -0.484 e. The largest absolute Gasteiger partial charge is 0.484 e. The van der Waals surface area contributed by atoms with E-state index in [0.29, 0.717) is 17.1 Å². The maximum Gasteiger partial charge on any atom is 0.343 e. The zero-order chi connectivity index (χ0) is 22.6. The summed E-state index contributed by atoms with van der Waals surface area (Å²) >= 11 is 0. The first-order chi connectivity index (χ1) is 15.6. The van der Waals surface area contributed by atoms with E-state index in [1.165, 1.54) is 11.8 Å². The molecule has 0 atom stereocenters. The van der Waals surface area contributed by atoms with Crippen molar-refractivity contribution < 1.29 is 19.1 Å². The Balaban J connectivity index is 1.41. The normalized spacial score (nSPS) is 10.7. The number of ether oxygens (including phenoxy) is 2. The van der Waals surface area contributed by atoms with Gasteiger partial charge >= 0.3 is 5.97 Å². The number of aryl methyl sites for hydroxylation is 1. The van der Waals surface area contributed by atoms with Crippen LogP contribution in [0.5, 0.6) is 11.5 Å². The van der Waals surface area contributed by atoms with Crippen molar-refractivity contribution >= 4 is 18.1 Å². The second-order valence-electron chi connectivity index (χ2n) is 7.15. The van der Waals surface area contributed by atoms with Crippen LogP contribution in [0.25, 0.3) is 0 Å². The van der Waals surface area contributed by atoms with Gasteiger partial charge in [0.15, 0.2) is 6.61 Å². The summed E-state index contributed by atoms with van der Waals surface area (Å²) in [6, 6.07) is 23.3. The minimum atomic E-state index is -0.421. The van der Waals surface area contributed by atoms with Gasteiger partial charge in [0.1, 0.15) is 11.5 Å². The molecule has 0 bridgehead atoms. The number of carbonyl (C=O) groups excluding carboxylic acids is 2. The van der Waals surface area contributed by atoms with Gasteiger partial charge in [-0.05, 0) is 72.5 Å². The van der Waals surface area contributed by atoms with E-state index in [2.05, 4.69) is 17.5 Å². The van der Waals surface area contributed by atoms with Gasteiger partial charge in [-0.3, -0.25) is 4.79 Å². The molecule has 0 radical (unpaired) electrons. The average Bonchev–Trinajstić information content (AvgIpc) is 2.83. The lowest BCUT2D eigenvalue weighted by Crippen LogP contribution is -2.24. The molecule has 164 valence electrons. The Morgan fingerprint density at radius 1 is 0.906 bits per heavy atom. The van der Waals surface area contributed by atoms with Crippen LogP contribution in [0.3, 0.4) is 0 Å². The number of carbonyl (C=O) groups is 2. The predicted octanol–water partition coefficient (Wildman–Crippen LogP) is 4.78. The van der Waals surface area contributed by atoms with Crippen LogP contribution in [0, 0.1) is 0 Å². The number of hydrogen-bond acceptors (Lipinski definition) is 5. The van der Waals surface area contributed by atoms with E-state index >= 15 is 0 Å². The van der Waals surface area contributed by atoms with Gasteiger partial charge in [0.05, 0.1) is 11.8 Å². The van der Waals surface area contributed by atoms with E-state index in [1.54, 1.807) is 48.5 Å². The number of hydrazone groups is 1. The molecule has 3 aromatic carbocycles. The smallest absolute Gasteiger partial charge is 0.343 e. The minimum absolute atomic E-state index is 0.125. The molecule has 0 aliphatic carbocycles. The Morgan fingerprint density at radius 2 is 1.59 bits per heavy atom. The van der Waals surface area contributed by atoms with Gasteiger partial charge in [0.2, 0.25) is 0 Å². The summed E-state index contributed by atoms with van der Waals surface area (Å²) in [4.78, 5) is 24.0. The fraction of sp³-hybridized carbons (Fsp3) is 0.192. The third kappa shape index (κ3) is 7.40. The SMILES string of the molecule is CCCCc1ccc(OCC(=O)NN=Cc2ccc(OC(=O)c3ccccc3)cc2)cc1. The summed E-state index contributed by atoms with van der Waals surface area (Å²) in [5.74, 6) is 0.291. The highest BCUT2D eigenvalue weighted by Gasteiger charge is 2.07. The molecule has 0 spiro atoms. The van der Waals surface area contributed by atoms with Crippen LogP contribution in [0.15, 0.2) is 84.0 Å². The van der Waals surface area contributed by atoms with Crippen LogP contribution in [-0.2, 0) is 11.2 Å². The molecule has 0 aliphatic rings. The summed E-state index contributed by atoms with van der Waals surface area (Å²) in [7, 11) is 0. The molecule has 0 heterocycles. The molecule has 6 heteroatoms. The summed E-state index contributed by atoms with van der Waals surface area (Å²) in [6.45, 7) is 2.04. The summed E-state index contributed by atoms with van der Waals surface area (Å²) in [5, 5.41) is 3.93. The standard InChI is InChI=1S/C26H26N2O4/c1-2-3-7-20-10-14-23(15-11-20)31-19-25(29)28-27-18-21-12-16-24(17-13-21)32-26(30)22-8-5-4-6-9-22/h4-6,8-18H,2-3,7,19H2,1H3,(H,28,29). The first kappa shape index (κ1) is 22.7. The maximum atomic E-state index is 12.1. The van der Waals surface area contributed by atoms with Crippen LogP contribution in [0.4, 0.5) is 0 Å². The van der Waals surface area contributed by atoms with Gasteiger partial charge in [-0.25, -0.2) is 10.2 Å². The number of nitrogens with zero attached hydrogens (tertiary/aromatic N) is 1. The number of hydrogen-bond donors (Lipinski definition) is 1. The van der Waals surface area contributed by atoms with Gasteiger partial charge in [-0.15, -0.1) is 0 Å². The topological polar surface area (TPSA) is 77.0 Å². The first-order valence-electron chi connectivity index (χ1n) is 10.5. The van der Waals surface area contributed by atoms with Crippen molar-refractivity contribution in [3.05, 3.63) is 95.6 Å². The van der Waals surface area contributed by atoms with Crippen molar-refractivity contribution in [3.63, 3.8) is 0 Å². The Kier molecular flexibility index (Phi) is 8.57. The number of amides is 1. The lowest BCUT2D eigenvalue weighted by atomic mass is 10.1. The van der Waals surface area contributed by atoms with Gasteiger partial charge in [0, 0.05) is 0 Å². The molecule has 0 fully saturated rings. The average molecular weight is 431 g/mol. The molecule has 3 aromatic rings. The number of rotatable bonds is 10. The van der Waals surface area contributed by atoms with Gasteiger partial charge in [-0.1, -0.05) is 43.7 Å². The summed E-state index contributed by atoms with van der Waals surface area (Å²) in [6.07, 6.45) is 4.86. The fourth-order valence-corrected chi connectivity index (χ4v) is 2.86. The van der Waals surface area contributed by atoms with Crippen LogP contribution >= 0.6 is 0 Å². The van der Waals surface area contributed by atoms with Gasteiger partial charge < -0.3 is 9.47 Å². The van der Waals surface area contributed by atoms with E-state index in [9.17, 15) is 9.59 Å². The van der Waals surface area contributed by atoms with Crippen molar-refractivity contribution in [3.8, 4) is 11.5 Å². The molecule has 0 unspecified atom stereocenters. The van der Waals surface area contributed by atoms with Crippen LogP contribution in [-0.4, -0.2) is 24.7 Å². The van der Waals surface area contributed by atoms with Crippen molar-refractivity contribution in [1.29, 1.82) is 0 Å². The molecule has 32 heavy (non-hydrogen) atoms. The van der Waals surface area contributed by atoms with E-state index in [1.807, 2.05) is 30.3 Å². The molecule has 1 amide bonds. The van der Waals surface area contributed by atoms with Crippen LogP contribution < -0.4 is 14.9 Å². The molecule has 0 aromatic heterocycles. The van der Waals surface area contributed by atoms with E-state index in [0.717, 1.165) is 24.8 Å². The Morgan fingerprint density at radius 3 is 2.28 bits per heavy atom. The second-order valence-corrected chi connectivity index (χ2v) is 7.15. The third-order valence-electron chi connectivity index (χ3n) is 4.62. The number of benzene rings is 3. The number of nitrogens with one attached hydrogen (secondary N) is 1. The van der Waals surface area contributed by atoms with Gasteiger partial charge in [-0.2, -0.15) is 5.10 Å². The summed E-state index contributed by atoms with van der Waals surface area (Å²) in [5.41, 5.74) is 4.91. The quantitative estimate of drug-likeness (QED) is 0.217. The zero-order valence-electron chi connectivity index (χ0n) is 18.0. The lowest BCUT2D eigenvalue weighted by molar-refractivity contribution is -0.123. The van der Waals surface area contributed by atoms with Crippen LogP contribution in [0.1, 0.15) is 41.3 Å². The van der Waals surface area contributed by atoms with Crippen molar-refractivity contribution in [1.82, 2.24) is 5.43 Å². The highest BCUT2D eigenvalue weighted by molar-refractivity contribution is 5.91. The summed E-state index contributed by atoms with van der Waals surface area (Å²) < 4.78 is 10.8. The van der Waals surface area contributed by atoms with Crippen molar-refractivity contribution in [2.24, 2.45) is 5.10 Å². The highest BCUT2D eigenvalue weighted by Crippen LogP contribution is 2.15. The maximum absolute atomic E-state index is 12.1. The van der Waals surface area contributed by atoms with Crippen molar-refractivity contribution in [2.45, 2.75) is 26.2 Å². The highest BCUT2D eigenvalue weighted by atomic mass is 16.5. The van der Waals surface area contributed by atoms with E-state index < -0.39 is 5.97 Å². The third-order valence-corrected chi connectivity index (χ3v) is 4.62. The molecule has 0 saturated carbocycles. The molecule has 0 aliphatic heterocycles. The zero-order valence-corrected chi connectivity index (χ0v) is 18.0. The molecule has 1 N–H and O–H groups in total. The Hall–Kier alpha value is -3.93. The van der Waals surface area contributed by atoms with Gasteiger partial charge in [0.25, 0.3) is 5.91 Å². The Bertz CT molecular complexity index is 1030.